The van der Waals surface area contributed by atoms with Crippen LogP contribution in [0.1, 0.15) is 0 Å². The molecule has 0 nitrogen and oxygen atoms in total. The van der Waals surface area contributed by atoms with Gasteiger partial charge in [-0.05, 0) is 5.19 Å². The molecule has 1 unspecified atom stereocenters. The van der Waals surface area contributed by atoms with E-state index in [-0.39, 0.29) is 0 Å². The Kier molecular flexibility index (Phi) is 3.27. The number of alkyl halides is 3. The maximum atomic E-state index is 12.2. The average Bonchev–Trinajstić information content (AvgIpc) is 2.01. The smallest absolute Gasteiger partial charge is 0.171 e. The quantitative estimate of drug-likeness (QED) is 0.548. The van der Waals surface area contributed by atoms with E-state index in [1.54, 1.807) is 30.3 Å². The van der Waals surface area contributed by atoms with Crippen molar-refractivity contribution in [3.8, 4) is 0 Å². The van der Waals surface area contributed by atoms with Gasteiger partial charge in [0, 0.05) is 0 Å². The van der Waals surface area contributed by atoms with Crippen molar-refractivity contribution in [1.29, 1.82) is 0 Å². The minimum atomic E-state index is -4.18. The third-order valence-corrected chi connectivity index (χ3v) is 5.57. The third kappa shape index (κ3) is 3.34. The molecule has 0 radical (unpaired) electrons. The van der Waals surface area contributed by atoms with Crippen LogP contribution < -0.4 is 5.19 Å². The summed E-state index contributed by atoms with van der Waals surface area (Å²) in [6.45, 7) is 1.51. The van der Waals surface area contributed by atoms with Crippen molar-refractivity contribution in [1.82, 2.24) is 0 Å². The molecule has 0 heterocycles. The van der Waals surface area contributed by atoms with Gasteiger partial charge in [-0.2, -0.15) is 24.3 Å². The molecule has 5 heteroatoms. The first-order valence-corrected chi connectivity index (χ1v) is 7.84. The normalized spacial score (nSPS) is 16.4. The summed E-state index contributed by atoms with van der Waals surface area (Å²) in [4.78, 5) is 0. The minimum absolute atomic E-state index is 0.624. The van der Waals surface area contributed by atoms with Crippen LogP contribution in [0.5, 0.6) is 0 Å². The first-order chi connectivity index (χ1) is 6.31. The molecule has 0 saturated heterocycles. The van der Waals surface area contributed by atoms with Crippen molar-refractivity contribution < 1.29 is 13.2 Å². The van der Waals surface area contributed by atoms with Crippen LogP contribution in [-0.4, -0.2) is 13.6 Å². The lowest BCUT2D eigenvalue weighted by Gasteiger charge is -2.21. The number of hydrogen-bond acceptors (Lipinski definition) is 0. The van der Waals surface area contributed by atoms with E-state index in [1.165, 1.54) is 6.55 Å². The zero-order chi connectivity index (χ0) is 10.8. The summed E-state index contributed by atoms with van der Waals surface area (Å²) < 4.78 is 36.6. The van der Waals surface area contributed by atoms with Crippen LogP contribution in [0, 0.1) is 0 Å². The molecule has 1 atom stereocenters. The Morgan fingerprint density at radius 2 is 1.71 bits per heavy atom. The van der Waals surface area contributed by atoms with Gasteiger partial charge in [-0.1, -0.05) is 36.9 Å². The molecule has 1 aromatic rings. The topological polar surface area (TPSA) is 0 Å². The molecular formula is C9H10ClF3Si. The SMILES string of the molecule is C[Si](Cl)(CC(F)(F)F)c1ccccc1. The fourth-order valence-electron chi connectivity index (χ4n) is 1.26. The molecule has 0 amide bonds. The molecule has 14 heavy (non-hydrogen) atoms. The Hall–Kier alpha value is -0.483. The molecule has 0 fully saturated rings. The molecule has 0 spiro atoms. The maximum absolute atomic E-state index is 12.2. The molecule has 0 aliphatic carbocycles. The van der Waals surface area contributed by atoms with Gasteiger partial charge in [-0.3, -0.25) is 0 Å². The van der Waals surface area contributed by atoms with E-state index in [2.05, 4.69) is 0 Å². The monoisotopic (exact) mass is 238 g/mol. The van der Waals surface area contributed by atoms with Gasteiger partial charge in [0.05, 0.1) is 6.04 Å². The summed E-state index contributed by atoms with van der Waals surface area (Å²) in [5.74, 6) is 0. The number of halogens is 4. The number of benzene rings is 1. The van der Waals surface area contributed by atoms with E-state index >= 15 is 0 Å². The largest absolute Gasteiger partial charge is 0.388 e. The van der Waals surface area contributed by atoms with Gasteiger partial charge in [0.2, 0.25) is 0 Å². The summed E-state index contributed by atoms with van der Waals surface area (Å²) >= 11 is 5.97. The summed E-state index contributed by atoms with van der Waals surface area (Å²) in [7, 11) is -2.87. The highest BCUT2D eigenvalue weighted by Crippen LogP contribution is 2.29. The fraction of sp³-hybridized carbons (Fsp3) is 0.333. The standard InChI is InChI=1S/C9H10ClF3Si/c1-14(10,7-9(11,12)13)8-5-3-2-4-6-8/h2-6H,7H2,1H3. The maximum Gasteiger partial charge on any atom is 0.388 e. The number of hydrogen-bond donors (Lipinski definition) is 0. The van der Waals surface area contributed by atoms with Crippen molar-refractivity contribution >= 4 is 23.6 Å². The summed E-state index contributed by atoms with van der Waals surface area (Å²) in [5.41, 5.74) is 0. The lowest BCUT2D eigenvalue weighted by Crippen LogP contribution is -2.42. The molecule has 0 aliphatic heterocycles. The van der Waals surface area contributed by atoms with E-state index < -0.39 is 19.6 Å². The van der Waals surface area contributed by atoms with E-state index in [9.17, 15) is 13.2 Å². The number of rotatable bonds is 2. The summed E-state index contributed by atoms with van der Waals surface area (Å²) in [6.07, 6.45) is -4.18. The van der Waals surface area contributed by atoms with Crippen LogP contribution in [0.2, 0.25) is 12.6 Å². The Bertz CT molecular complexity index is 295. The van der Waals surface area contributed by atoms with Gasteiger partial charge in [-0.15, -0.1) is 0 Å². The van der Waals surface area contributed by atoms with Crippen LogP contribution in [0.15, 0.2) is 30.3 Å². The molecule has 78 valence electrons. The third-order valence-electron chi connectivity index (χ3n) is 1.91. The predicted octanol–water partition coefficient (Wildman–Crippen LogP) is 3.27. The molecular weight excluding hydrogens is 229 g/mol. The van der Waals surface area contributed by atoms with Gasteiger partial charge in [0.25, 0.3) is 0 Å². The lowest BCUT2D eigenvalue weighted by atomic mass is 10.4. The van der Waals surface area contributed by atoms with Gasteiger partial charge in [-0.25, -0.2) is 0 Å². The van der Waals surface area contributed by atoms with Crippen LogP contribution in [0.4, 0.5) is 13.2 Å². The Morgan fingerprint density at radius 3 is 2.14 bits per heavy atom. The second-order valence-electron chi connectivity index (χ2n) is 3.36. The van der Waals surface area contributed by atoms with E-state index in [0.717, 1.165) is 0 Å². The van der Waals surface area contributed by atoms with Crippen LogP contribution in [0.3, 0.4) is 0 Å². The summed E-state index contributed by atoms with van der Waals surface area (Å²) in [5, 5.41) is 0.624. The zero-order valence-corrected chi connectivity index (χ0v) is 9.36. The predicted molar refractivity (Wildman–Crippen MR) is 54.4 cm³/mol. The Balaban J connectivity index is 2.86. The van der Waals surface area contributed by atoms with Gasteiger partial charge in [0.1, 0.15) is 0 Å². The van der Waals surface area contributed by atoms with Crippen LogP contribution in [0.25, 0.3) is 0 Å². The van der Waals surface area contributed by atoms with Crippen LogP contribution >= 0.6 is 11.1 Å². The molecule has 1 aromatic carbocycles. The first-order valence-electron chi connectivity index (χ1n) is 4.12. The van der Waals surface area contributed by atoms with Crippen molar-refractivity contribution in [2.24, 2.45) is 0 Å². The molecule has 0 N–H and O–H groups in total. The first kappa shape index (κ1) is 11.6. The van der Waals surface area contributed by atoms with E-state index in [4.69, 9.17) is 11.1 Å². The molecule has 0 aromatic heterocycles. The highest BCUT2D eigenvalue weighted by atomic mass is 35.6. The van der Waals surface area contributed by atoms with Gasteiger partial charge < -0.3 is 0 Å². The van der Waals surface area contributed by atoms with E-state index in [0.29, 0.717) is 5.19 Å². The molecule has 0 bridgehead atoms. The molecule has 1 rings (SSSR count). The summed E-state index contributed by atoms with van der Waals surface area (Å²) in [6, 6.07) is 7.61. The van der Waals surface area contributed by atoms with Crippen molar-refractivity contribution in [3.63, 3.8) is 0 Å². The zero-order valence-electron chi connectivity index (χ0n) is 7.61. The highest BCUT2D eigenvalue weighted by molar-refractivity contribution is 7.26. The van der Waals surface area contributed by atoms with Gasteiger partial charge in [0.15, 0.2) is 7.38 Å². The van der Waals surface area contributed by atoms with Crippen molar-refractivity contribution in [2.45, 2.75) is 18.8 Å². The molecule has 0 saturated carbocycles. The second-order valence-corrected chi connectivity index (χ2v) is 9.18. The lowest BCUT2D eigenvalue weighted by molar-refractivity contribution is -0.110. The van der Waals surface area contributed by atoms with Crippen LogP contribution in [-0.2, 0) is 0 Å². The highest BCUT2D eigenvalue weighted by Gasteiger charge is 2.41. The fourth-order valence-corrected chi connectivity index (χ4v) is 3.94. The van der Waals surface area contributed by atoms with Crippen molar-refractivity contribution in [2.75, 3.05) is 0 Å². The Labute approximate surface area is 86.4 Å². The Morgan fingerprint density at radius 1 is 1.21 bits per heavy atom. The van der Waals surface area contributed by atoms with Crippen molar-refractivity contribution in [3.05, 3.63) is 30.3 Å². The second kappa shape index (κ2) is 3.94. The minimum Gasteiger partial charge on any atom is -0.171 e. The molecule has 0 aliphatic rings. The van der Waals surface area contributed by atoms with Gasteiger partial charge >= 0.3 is 6.18 Å². The average molecular weight is 239 g/mol. The van der Waals surface area contributed by atoms with E-state index in [1.807, 2.05) is 0 Å².